The van der Waals surface area contributed by atoms with E-state index in [0.717, 1.165) is 116 Å². The Hall–Kier alpha value is -3.41. The van der Waals surface area contributed by atoms with Gasteiger partial charge in [0.1, 0.15) is 13.2 Å². The third kappa shape index (κ3) is 57.4. The van der Waals surface area contributed by atoms with Crippen LogP contribution in [0.25, 0.3) is 0 Å². The molecule has 1 atom stereocenters. The number of ether oxygens (including phenoxy) is 3. The smallest absolute Gasteiger partial charge is 0.306 e. The highest BCUT2D eigenvalue weighted by molar-refractivity contribution is 5.71. The molecule has 6 heteroatoms. The first-order valence-electron chi connectivity index (χ1n) is 30.1. The van der Waals surface area contributed by atoms with Gasteiger partial charge in [-0.15, -0.1) is 0 Å². The molecule has 0 aromatic rings. The molecule has 0 saturated heterocycles. The van der Waals surface area contributed by atoms with Crippen molar-refractivity contribution < 1.29 is 28.6 Å². The van der Waals surface area contributed by atoms with Crippen molar-refractivity contribution in [3.63, 3.8) is 0 Å². The second-order valence-electron chi connectivity index (χ2n) is 19.9. The second kappa shape index (κ2) is 59.2. The minimum Gasteiger partial charge on any atom is -0.462 e. The zero-order chi connectivity index (χ0) is 51.4. The molecule has 0 radical (unpaired) electrons. The van der Waals surface area contributed by atoms with Crippen LogP contribution in [-0.4, -0.2) is 37.2 Å². The summed E-state index contributed by atoms with van der Waals surface area (Å²) in [6.45, 7) is 6.50. The zero-order valence-corrected chi connectivity index (χ0v) is 46.7. The highest BCUT2D eigenvalue weighted by Gasteiger charge is 2.19. The number of carbonyl (C=O) groups excluding carboxylic acids is 3. The van der Waals surface area contributed by atoms with Crippen molar-refractivity contribution in [2.45, 2.75) is 297 Å². The maximum Gasteiger partial charge on any atom is 0.306 e. The summed E-state index contributed by atoms with van der Waals surface area (Å²) >= 11 is 0. The Morgan fingerprint density at radius 1 is 0.296 bits per heavy atom. The van der Waals surface area contributed by atoms with Crippen molar-refractivity contribution in [2.75, 3.05) is 13.2 Å². The van der Waals surface area contributed by atoms with Gasteiger partial charge in [0.05, 0.1) is 0 Å². The maximum absolute atomic E-state index is 12.9. The van der Waals surface area contributed by atoms with E-state index in [1.165, 1.54) is 135 Å². The van der Waals surface area contributed by atoms with Gasteiger partial charge >= 0.3 is 17.9 Å². The molecule has 71 heavy (non-hydrogen) atoms. The Balaban J connectivity index is 4.29. The molecule has 0 N–H and O–H groups in total. The van der Waals surface area contributed by atoms with E-state index in [1.54, 1.807) is 0 Å². The van der Waals surface area contributed by atoms with Gasteiger partial charge in [0.15, 0.2) is 6.10 Å². The van der Waals surface area contributed by atoms with Crippen LogP contribution in [0.3, 0.4) is 0 Å². The Kier molecular flexibility index (Phi) is 56.3. The molecule has 0 aromatic carbocycles. The molecule has 408 valence electrons. The van der Waals surface area contributed by atoms with Crippen LogP contribution in [0, 0.1) is 0 Å². The van der Waals surface area contributed by atoms with Gasteiger partial charge in [0.2, 0.25) is 0 Å². The molecular weight excluding hydrogens is 877 g/mol. The Labute approximate surface area is 439 Å². The molecule has 0 aliphatic rings. The fraction of sp³-hybridized carbons (Fsp3) is 0.738. The van der Waals surface area contributed by atoms with E-state index in [-0.39, 0.29) is 31.1 Å². The Morgan fingerprint density at radius 2 is 0.549 bits per heavy atom. The van der Waals surface area contributed by atoms with Crippen molar-refractivity contribution in [1.29, 1.82) is 0 Å². The third-order valence-corrected chi connectivity index (χ3v) is 12.9. The average molecular weight is 990 g/mol. The number of allylic oxidation sites excluding steroid dienone is 14. The molecule has 0 saturated carbocycles. The van der Waals surface area contributed by atoms with Crippen LogP contribution < -0.4 is 0 Å². The van der Waals surface area contributed by atoms with Crippen molar-refractivity contribution in [1.82, 2.24) is 0 Å². The summed E-state index contributed by atoms with van der Waals surface area (Å²) in [5.41, 5.74) is 0. The Bertz CT molecular complexity index is 1370. The van der Waals surface area contributed by atoms with Crippen molar-refractivity contribution in [3.05, 3.63) is 85.1 Å². The number of esters is 3. The van der Waals surface area contributed by atoms with Crippen LogP contribution in [0.5, 0.6) is 0 Å². The van der Waals surface area contributed by atoms with Gasteiger partial charge in [-0.25, -0.2) is 0 Å². The topological polar surface area (TPSA) is 78.9 Å². The molecule has 0 aliphatic carbocycles. The minimum atomic E-state index is -0.786. The third-order valence-electron chi connectivity index (χ3n) is 12.9. The molecule has 0 heterocycles. The lowest BCUT2D eigenvalue weighted by atomic mass is 10.0. The molecule has 0 rings (SSSR count). The Morgan fingerprint density at radius 3 is 0.859 bits per heavy atom. The van der Waals surface area contributed by atoms with Gasteiger partial charge in [0, 0.05) is 19.3 Å². The quantitative estimate of drug-likeness (QED) is 0.0261. The number of unbranched alkanes of at least 4 members (excludes halogenated alkanes) is 29. The lowest BCUT2D eigenvalue weighted by Gasteiger charge is -2.18. The summed E-state index contributed by atoms with van der Waals surface area (Å²) in [5.74, 6) is -0.900. The van der Waals surface area contributed by atoms with Crippen molar-refractivity contribution >= 4 is 17.9 Å². The minimum absolute atomic E-state index is 0.0835. The summed E-state index contributed by atoms with van der Waals surface area (Å²) in [4.78, 5) is 38.1. The van der Waals surface area contributed by atoms with E-state index in [1.807, 2.05) is 0 Å². The molecule has 0 aliphatic heterocycles. The second-order valence-corrected chi connectivity index (χ2v) is 19.9. The van der Waals surface area contributed by atoms with Crippen LogP contribution in [0.15, 0.2) is 85.1 Å². The van der Waals surface area contributed by atoms with E-state index in [4.69, 9.17) is 14.2 Å². The molecule has 1 unspecified atom stereocenters. The maximum atomic E-state index is 12.9. The summed E-state index contributed by atoms with van der Waals surface area (Å²) < 4.78 is 16.8. The first kappa shape index (κ1) is 67.6. The molecule has 0 amide bonds. The van der Waals surface area contributed by atoms with E-state index < -0.39 is 6.10 Å². The number of hydrogen-bond acceptors (Lipinski definition) is 6. The van der Waals surface area contributed by atoms with Gasteiger partial charge < -0.3 is 14.2 Å². The van der Waals surface area contributed by atoms with Crippen LogP contribution in [-0.2, 0) is 28.6 Å². The summed E-state index contributed by atoms with van der Waals surface area (Å²) in [6, 6.07) is 0. The molecule has 0 aromatic heterocycles. The number of rotatable bonds is 54. The molecule has 6 nitrogen and oxygen atoms in total. The largest absolute Gasteiger partial charge is 0.462 e. The van der Waals surface area contributed by atoms with E-state index >= 15 is 0 Å². The van der Waals surface area contributed by atoms with E-state index in [0.29, 0.717) is 19.3 Å². The van der Waals surface area contributed by atoms with Crippen LogP contribution >= 0.6 is 0 Å². The molecule has 0 fully saturated rings. The number of carbonyl (C=O) groups is 3. The van der Waals surface area contributed by atoms with Gasteiger partial charge in [-0.3, -0.25) is 14.4 Å². The summed E-state index contributed by atoms with van der Waals surface area (Å²) in [7, 11) is 0. The predicted molar refractivity (Wildman–Crippen MR) is 307 cm³/mol. The first-order valence-corrected chi connectivity index (χ1v) is 30.1. The van der Waals surface area contributed by atoms with Gasteiger partial charge in [-0.1, -0.05) is 260 Å². The monoisotopic (exact) mass is 989 g/mol. The lowest BCUT2D eigenvalue weighted by Crippen LogP contribution is -2.30. The zero-order valence-electron chi connectivity index (χ0n) is 46.7. The predicted octanol–water partition coefficient (Wildman–Crippen LogP) is 20.3. The molecule has 0 spiro atoms. The van der Waals surface area contributed by atoms with E-state index in [9.17, 15) is 14.4 Å². The fourth-order valence-corrected chi connectivity index (χ4v) is 8.38. The van der Waals surface area contributed by atoms with Crippen LogP contribution in [0.4, 0.5) is 0 Å². The molecular formula is C65H112O6. The SMILES string of the molecule is CC/C=C\C/C=C\C/C=C\C/C=C\C/C=C\CCCCCCCC(=O)OC(COC(=O)CCCCCCCCCCC)COC(=O)CCCCCCCCCCCCC/C=C\C/C=C\CCCCCCC. The highest BCUT2D eigenvalue weighted by atomic mass is 16.6. The van der Waals surface area contributed by atoms with Crippen LogP contribution in [0.2, 0.25) is 0 Å². The van der Waals surface area contributed by atoms with Crippen LogP contribution in [0.1, 0.15) is 290 Å². The van der Waals surface area contributed by atoms with Crippen molar-refractivity contribution in [2.24, 2.45) is 0 Å². The molecule has 0 bridgehead atoms. The van der Waals surface area contributed by atoms with E-state index in [2.05, 4.69) is 106 Å². The fourth-order valence-electron chi connectivity index (χ4n) is 8.38. The van der Waals surface area contributed by atoms with Crippen molar-refractivity contribution in [3.8, 4) is 0 Å². The standard InChI is InChI=1S/C65H112O6/c1-4-7-10-13-16-19-21-23-25-27-29-31-32-34-35-37-39-41-43-46-49-52-55-58-64(67)70-61-62(60-69-63(66)57-54-51-48-45-18-15-12-9-6-3)71-65(68)59-56-53-50-47-44-42-40-38-36-33-30-28-26-24-22-20-17-14-11-8-5-2/h8,11,17,20-21,23-24,26-27,29-30,33,38,40,62H,4-7,9-10,12-16,18-19,22,25,28,31-32,34-37,39,41-61H2,1-3H3/b11-8-,20-17-,23-21-,26-24-,29-27-,33-30-,40-38-. The summed E-state index contributed by atoms with van der Waals surface area (Å²) in [5, 5.41) is 0. The first-order chi connectivity index (χ1) is 35.0. The number of hydrogen-bond donors (Lipinski definition) is 0. The van der Waals surface area contributed by atoms with Gasteiger partial charge in [-0.05, 0) is 96.3 Å². The average Bonchev–Trinajstić information content (AvgIpc) is 3.37. The summed E-state index contributed by atoms with van der Waals surface area (Å²) in [6.07, 6.45) is 77.3. The highest BCUT2D eigenvalue weighted by Crippen LogP contribution is 2.15. The van der Waals surface area contributed by atoms with Gasteiger partial charge in [-0.2, -0.15) is 0 Å². The van der Waals surface area contributed by atoms with Gasteiger partial charge in [0.25, 0.3) is 0 Å². The normalized spacial score (nSPS) is 12.7. The lowest BCUT2D eigenvalue weighted by molar-refractivity contribution is -0.167.